The first-order valence-corrected chi connectivity index (χ1v) is 18.2. The topological polar surface area (TPSA) is 122 Å². The number of rotatable bonds is 10. The molecule has 0 N–H and O–H groups in total. The number of anilines is 2. The van der Waals surface area contributed by atoms with Crippen molar-refractivity contribution >= 4 is 67.6 Å². The summed E-state index contributed by atoms with van der Waals surface area (Å²) in [6, 6.07) is 16.4. The molecule has 1 amide bonds. The Balaban J connectivity index is 1.49. The summed E-state index contributed by atoms with van der Waals surface area (Å²) in [6.45, 7) is 9.14. The summed E-state index contributed by atoms with van der Waals surface area (Å²) in [7, 11) is -4.37. The van der Waals surface area contributed by atoms with E-state index in [0.29, 0.717) is 60.8 Å². The third kappa shape index (κ3) is 8.73. The van der Waals surface area contributed by atoms with Gasteiger partial charge < -0.3 is 19.3 Å². The van der Waals surface area contributed by atoms with Gasteiger partial charge in [0, 0.05) is 53.4 Å². The van der Waals surface area contributed by atoms with Crippen LogP contribution in [-0.2, 0) is 24.3 Å². The molecular formula is C35H39Cl2N5O6S. The number of hydrogen-bond acceptors (Lipinski definition) is 9. The lowest BCUT2D eigenvalue weighted by atomic mass is 10.0. The quantitative estimate of drug-likeness (QED) is 0.123. The molecule has 11 nitrogen and oxygen atoms in total. The molecule has 1 saturated heterocycles. The zero-order chi connectivity index (χ0) is 35.3. The number of sulfonamides is 1. The van der Waals surface area contributed by atoms with E-state index in [1.54, 1.807) is 56.1 Å². The molecule has 3 aromatic carbocycles. The van der Waals surface area contributed by atoms with E-state index in [0.717, 1.165) is 17.1 Å². The molecule has 0 bridgehead atoms. The van der Waals surface area contributed by atoms with Crippen LogP contribution in [0.2, 0.25) is 10.0 Å². The normalized spacial score (nSPS) is 13.8. The Bertz CT molecular complexity index is 1920. The van der Waals surface area contributed by atoms with Crippen molar-refractivity contribution in [2.24, 2.45) is 0 Å². The second-order valence-corrected chi connectivity index (χ2v) is 15.3. The largest absolute Gasteiger partial charge is 0.459 e. The van der Waals surface area contributed by atoms with Crippen molar-refractivity contribution in [3.8, 4) is 11.4 Å². The third-order valence-electron chi connectivity index (χ3n) is 7.75. The monoisotopic (exact) mass is 727 g/mol. The van der Waals surface area contributed by atoms with Crippen molar-refractivity contribution in [3.63, 3.8) is 0 Å². The van der Waals surface area contributed by atoms with Gasteiger partial charge in [-0.15, -0.1) is 0 Å². The van der Waals surface area contributed by atoms with Crippen molar-refractivity contribution in [3.05, 3.63) is 76.9 Å². The van der Waals surface area contributed by atoms with Gasteiger partial charge in [0.05, 0.1) is 17.2 Å². The molecule has 0 aliphatic carbocycles. The van der Waals surface area contributed by atoms with Crippen LogP contribution in [0.1, 0.15) is 40.5 Å². The number of benzene rings is 3. The fourth-order valence-electron chi connectivity index (χ4n) is 5.47. The smallest absolute Gasteiger partial charge is 0.409 e. The Morgan fingerprint density at radius 2 is 1.61 bits per heavy atom. The summed E-state index contributed by atoms with van der Waals surface area (Å²) < 4.78 is 40.4. The maximum absolute atomic E-state index is 14.2. The van der Waals surface area contributed by atoms with Crippen molar-refractivity contribution in [1.82, 2.24) is 14.9 Å². The lowest BCUT2D eigenvalue weighted by molar-refractivity contribution is -0.152. The molecule has 0 saturated carbocycles. The molecule has 1 fully saturated rings. The van der Waals surface area contributed by atoms with Gasteiger partial charge in [-0.1, -0.05) is 66.9 Å². The van der Waals surface area contributed by atoms with E-state index in [1.807, 2.05) is 25.1 Å². The van der Waals surface area contributed by atoms with Gasteiger partial charge in [-0.3, -0.25) is 9.10 Å². The van der Waals surface area contributed by atoms with Crippen LogP contribution in [0.25, 0.3) is 22.2 Å². The Labute approximate surface area is 296 Å². The number of carbonyl (C=O) groups excluding carboxylic acids is 2. The van der Waals surface area contributed by atoms with Crippen molar-refractivity contribution in [2.75, 3.05) is 48.5 Å². The van der Waals surface area contributed by atoms with Crippen LogP contribution in [0.4, 0.5) is 16.3 Å². The Kier molecular flexibility index (Phi) is 11.2. The Morgan fingerprint density at radius 1 is 0.939 bits per heavy atom. The lowest BCUT2D eigenvalue weighted by Gasteiger charge is -2.34. The molecule has 1 aromatic heterocycles. The maximum atomic E-state index is 14.2. The number of unbranched alkanes of at least 4 members (excludes halogenated alkanes) is 1. The van der Waals surface area contributed by atoms with Gasteiger partial charge >= 0.3 is 12.1 Å². The number of amides is 1. The minimum atomic E-state index is -4.37. The summed E-state index contributed by atoms with van der Waals surface area (Å²) in [4.78, 5) is 38.6. The fraction of sp³-hybridized carbons (Fsp3) is 0.371. The lowest BCUT2D eigenvalue weighted by Crippen LogP contribution is -2.49. The molecule has 1 aliphatic heterocycles. The first-order chi connectivity index (χ1) is 23.3. The predicted molar refractivity (Wildman–Crippen MR) is 192 cm³/mol. The van der Waals surface area contributed by atoms with Crippen LogP contribution in [0.15, 0.2) is 71.8 Å². The third-order valence-corrected chi connectivity index (χ3v) is 9.93. The minimum Gasteiger partial charge on any atom is -0.459 e. The molecular weight excluding hydrogens is 689 g/mol. The second kappa shape index (κ2) is 15.2. The predicted octanol–water partition coefficient (Wildman–Crippen LogP) is 7.20. The highest BCUT2D eigenvalue weighted by atomic mass is 35.5. The number of aromatic nitrogens is 2. The summed E-state index contributed by atoms with van der Waals surface area (Å²) in [5.41, 5.74) is 0.0734. The average Bonchev–Trinajstić information content (AvgIpc) is 3.05. The van der Waals surface area contributed by atoms with Crippen LogP contribution < -0.4 is 9.21 Å². The highest BCUT2D eigenvalue weighted by Gasteiger charge is 2.31. The number of halogens is 2. The number of nitrogens with zero attached hydrogens (tertiary/aromatic N) is 5. The average molecular weight is 729 g/mol. The summed E-state index contributed by atoms with van der Waals surface area (Å²) in [5.74, 6) is 0.400. The van der Waals surface area contributed by atoms with Crippen molar-refractivity contribution < 1.29 is 27.5 Å². The number of ether oxygens (including phenoxy) is 2. The van der Waals surface area contributed by atoms with Crippen LogP contribution in [0, 0.1) is 0 Å². The van der Waals surface area contributed by atoms with Crippen molar-refractivity contribution in [2.45, 2.75) is 51.0 Å². The van der Waals surface area contributed by atoms with Crippen molar-refractivity contribution in [1.29, 1.82) is 0 Å². The van der Waals surface area contributed by atoms with Crippen LogP contribution in [-0.4, -0.2) is 80.3 Å². The first-order valence-electron chi connectivity index (χ1n) is 16.0. The number of hydrogen-bond donors (Lipinski definition) is 0. The Morgan fingerprint density at radius 3 is 2.29 bits per heavy atom. The van der Waals surface area contributed by atoms with E-state index in [4.69, 9.17) is 37.7 Å². The van der Waals surface area contributed by atoms with Gasteiger partial charge in [0.1, 0.15) is 18.0 Å². The highest BCUT2D eigenvalue weighted by molar-refractivity contribution is 7.93. The molecule has 0 unspecified atom stereocenters. The van der Waals surface area contributed by atoms with Gasteiger partial charge in [0.2, 0.25) is 0 Å². The zero-order valence-electron chi connectivity index (χ0n) is 27.9. The molecule has 0 spiro atoms. The number of esters is 1. The van der Waals surface area contributed by atoms with Crippen LogP contribution in [0.3, 0.4) is 0 Å². The number of piperazine rings is 1. The van der Waals surface area contributed by atoms with Gasteiger partial charge in [-0.05, 0) is 62.9 Å². The van der Waals surface area contributed by atoms with Gasteiger partial charge in [-0.25, -0.2) is 23.2 Å². The fourth-order valence-corrected chi connectivity index (χ4v) is 7.62. The van der Waals surface area contributed by atoms with E-state index in [9.17, 15) is 18.0 Å². The van der Waals surface area contributed by atoms with E-state index >= 15 is 0 Å². The second-order valence-electron chi connectivity index (χ2n) is 12.6. The van der Waals surface area contributed by atoms with Crippen LogP contribution >= 0.6 is 23.2 Å². The summed E-state index contributed by atoms with van der Waals surface area (Å²) >= 11 is 12.4. The highest BCUT2D eigenvalue weighted by Crippen LogP contribution is 2.36. The summed E-state index contributed by atoms with van der Waals surface area (Å²) in [5, 5.41) is 1.48. The maximum Gasteiger partial charge on any atom is 0.409 e. The van der Waals surface area contributed by atoms with Gasteiger partial charge in [0.15, 0.2) is 5.82 Å². The molecule has 4 aromatic rings. The van der Waals surface area contributed by atoms with E-state index in [2.05, 4.69) is 9.88 Å². The molecule has 5 rings (SSSR count). The molecule has 260 valence electrons. The molecule has 0 radical (unpaired) electrons. The van der Waals surface area contributed by atoms with E-state index < -0.39 is 28.1 Å². The van der Waals surface area contributed by atoms with E-state index in [-0.39, 0.29) is 26.7 Å². The standard InChI is InChI=1S/C35H39Cl2N5O6S/c1-5-6-19-47-34(44)41-17-15-40(16-18-41)31-13-14-38-33(39-31)29-11-7-10-28-27(29)9-8-12-30(28)42(23-32(43)48-35(2,3)4)49(45,46)26-21-24(36)20-25(37)22-26/h7-14,20-22H,5-6,15-19,23H2,1-4H3. The molecule has 0 atom stereocenters. The van der Waals surface area contributed by atoms with Gasteiger partial charge in [0.25, 0.3) is 10.0 Å². The van der Waals surface area contributed by atoms with Gasteiger partial charge in [-0.2, -0.15) is 0 Å². The summed E-state index contributed by atoms with van der Waals surface area (Å²) in [6.07, 6.45) is 3.16. The van der Waals surface area contributed by atoms with Crippen LogP contribution in [0.5, 0.6) is 0 Å². The number of fused-ring (bicyclic) bond motifs is 1. The molecule has 2 heterocycles. The molecule has 49 heavy (non-hydrogen) atoms. The number of carbonyl (C=O) groups is 2. The Hall–Kier alpha value is -4.13. The zero-order valence-corrected chi connectivity index (χ0v) is 30.2. The SMILES string of the molecule is CCCCOC(=O)N1CCN(c2ccnc(-c3cccc4c(N(CC(=O)OC(C)(C)C)S(=O)(=O)c5cc(Cl)cc(Cl)c5)cccc34)n2)CC1. The molecule has 14 heteroatoms. The van der Waals surface area contributed by atoms with E-state index in [1.165, 1.54) is 18.2 Å². The first kappa shape index (κ1) is 36.2. The minimum absolute atomic E-state index is 0.133. The molecule has 1 aliphatic rings.